The Balaban J connectivity index is 1.45. The van der Waals surface area contributed by atoms with Crippen LogP contribution in [0.2, 0.25) is 0 Å². The molecule has 0 bridgehead atoms. The molecule has 0 aliphatic carbocycles. The van der Waals surface area contributed by atoms with Gasteiger partial charge in [0, 0.05) is 5.56 Å². The minimum Gasteiger partial charge on any atom is -0.481 e. The zero-order valence-corrected chi connectivity index (χ0v) is 15.2. The van der Waals surface area contributed by atoms with E-state index in [0.717, 1.165) is 16.7 Å². The molecular weight excluding hydrogens is 350 g/mol. The van der Waals surface area contributed by atoms with Crippen molar-refractivity contribution in [3.05, 3.63) is 90.3 Å². The fraction of sp³-hybridized carbons (Fsp3) is 0.0870. The number of rotatable bonds is 5. The molecule has 28 heavy (non-hydrogen) atoms. The number of nitrogens with zero attached hydrogens (tertiary/aromatic N) is 3. The molecule has 1 aromatic heterocycles. The van der Waals surface area contributed by atoms with Gasteiger partial charge >= 0.3 is 0 Å². The van der Waals surface area contributed by atoms with Gasteiger partial charge in [-0.1, -0.05) is 42.5 Å². The van der Waals surface area contributed by atoms with E-state index in [9.17, 15) is 0 Å². The van der Waals surface area contributed by atoms with Crippen LogP contribution in [0.15, 0.2) is 83.3 Å². The fourth-order valence-electron chi connectivity index (χ4n) is 2.81. The lowest BCUT2D eigenvalue weighted by Gasteiger charge is -2.11. The Bertz CT molecular complexity index is 1100. The summed E-state index contributed by atoms with van der Waals surface area (Å²) in [5, 5.41) is 17.1. The van der Waals surface area contributed by atoms with Gasteiger partial charge in [-0.05, 0) is 54.4 Å². The molecule has 0 saturated carbocycles. The second-order valence-corrected chi connectivity index (χ2v) is 6.29. The highest BCUT2D eigenvalue weighted by atomic mass is 16.5. The topological polar surface area (TPSA) is 71.9 Å². The Labute approximate surface area is 162 Å². The third kappa shape index (κ3) is 3.76. The standard InChI is InChI=1S/C23H17N3O2/c1-16(22-25-26-23(28-22)20-5-3-2-4-6-20)27-21-13-11-19(12-14-21)18-9-7-17(15-24)8-10-18/h2-14,16H,1H3/t16-/m0/s1. The summed E-state index contributed by atoms with van der Waals surface area (Å²) < 4.78 is 11.7. The molecule has 0 radical (unpaired) electrons. The lowest BCUT2D eigenvalue weighted by atomic mass is 10.0. The van der Waals surface area contributed by atoms with Gasteiger partial charge in [0.1, 0.15) is 5.75 Å². The number of nitriles is 1. The third-order valence-electron chi connectivity index (χ3n) is 4.32. The first-order valence-corrected chi connectivity index (χ1v) is 8.89. The van der Waals surface area contributed by atoms with Crippen molar-refractivity contribution < 1.29 is 9.15 Å². The van der Waals surface area contributed by atoms with Crippen LogP contribution in [0.5, 0.6) is 5.75 Å². The van der Waals surface area contributed by atoms with E-state index in [4.69, 9.17) is 14.4 Å². The highest BCUT2D eigenvalue weighted by Crippen LogP contribution is 2.27. The summed E-state index contributed by atoms with van der Waals surface area (Å²) in [5.74, 6) is 1.61. The molecule has 0 amide bonds. The second kappa shape index (κ2) is 7.77. The van der Waals surface area contributed by atoms with Crippen LogP contribution in [0.4, 0.5) is 0 Å². The van der Waals surface area contributed by atoms with Crippen LogP contribution in [0, 0.1) is 11.3 Å². The molecule has 0 fully saturated rings. The van der Waals surface area contributed by atoms with Crippen molar-refractivity contribution in [2.24, 2.45) is 0 Å². The van der Waals surface area contributed by atoms with Gasteiger partial charge in [-0.15, -0.1) is 10.2 Å². The highest BCUT2D eigenvalue weighted by molar-refractivity contribution is 5.65. The Morgan fingerprint density at radius 2 is 1.46 bits per heavy atom. The van der Waals surface area contributed by atoms with Crippen molar-refractivity contribution in [1.29, 1.82) is 5.26 Å². The molecule has 0 aliphatic heterocycles. The first kappa shape index (κ1) is 17.5. The van der Waals surface area contributed by atoms with Gasteiger partial charge in [0.15, 0.2) is 6.10 Å². The molecule has 1 atom stereocenters. The van der Waals surface area contributed by atoms with Crippen LogP contribution in [-0.4, -0.2) is 10.2 Å². The molecule has 0 unspecified atom stereocenters. The van der Waals surface area contributed by atoms with Gasteiger partial charge in [-0.25, -0.2) is 0 Å². The lowest BCUT2D eigenvalue weighted by molar-refractivity contribution is 0.189. The van der Waals surface area contributed by atoms with Crippen molar-refractivity contribution in [2.45, 2.75) is 13.0 Å². The van der Waals surface area contributed by atoms with Crippen molar-refractivity contribution in [2.75, 3.05) is 0 Å². The molecule has 0 N–H and O–H groups in total. The van der Waals surface area contributed by atoms with Gasteiger partial charge in [0.2, 0.25) is 5.89 Å². The number of hydrogen-bond acceptors (Lipinski definition) is 5. The first-order chi connectivity index (χ1) is 13.7. The van der Waals surface area contributed by atoms with Crippen LogP contribution in [0.25, 0.3) is 22.6 Å². The van der Waals surface area contributed by atoms with Crippen LogP contribution in [0.1, 0.15) is 24.5 Å². The molecule has 4 aromatic rings. The van der Waals surface area contributed by atoms with E-state index in [0.29, 0.717) is 23.1 Å². The Kier molecular flexibility index (Phi) is 4.85. The molecule has 5 nitrogen and oxygen atoms in total. The van der Waals surface area contributed by atoms with E-state index in [1.165, 1.54) is 0 Å². The smallest absolute Gasteiger partial charge is 0.257 e. The summed E-state index contributed by atoms with van der Waals surface area (Å²) in [6.07, 6.45) is -0.370. The van der Waals surface area contributed by atoms with Gasteiger partial charge in [-0.3, -0.25) is 0 Å². The maximum absolute atomic E-state index is 8.90. The molecule has 4 rings (SSSR count). The van der Waals surface area contributed by atoms with Crippen LogP contribution < -0.4 is 4.74 Å². The summed E-state index contributed by atoms with van der Waals surface area (Å²) in [4.78, 5) is 0. The van der Waals surface area contributed by atoms with E-state index < -0.39 is 0 Å². The van der Waals surface area contributed by atoms with E-state index in [2.05, 4.69) is 16.3 Å². The van der Waals surface area contributed by atoms with E-state index in [-0.39, 0.29) is 6.10 Å². The second-order valence-electron chi connectivity index (χ2n) is 6.29. The van der Waals surface area contributed by atoms with Crippen LogP contribution in [-0.2, 0) is 0 Å². The van der Waals surface area contributed by atoms with Gasteiger partial charge < -0.3 is 9.15 Å². The van der Waals surface area contributed by atoms with E-state index >= 15 is 0 Å². The summed E-state index contributed by atoms with van der Waals surface area (Å²) in [6, 6.07) is 27.0. The van der Waals surface area contributed by atoms with Gasteiger partial charge in [0.05, 0.1) is 11.6 Å². The predicted octanol–water partition coefficient (Wildman–Crippen LogP) is 5.42. The SMILES string of the molecule is C[C@H](Oc1ccc(-c2ccc(C#N)cc2)cc1)c1nnc(-c2ccccc2)o1. The van der Waals surface area contributed by atoms with E-state index in [1.54, 1.807) is 0 Å². The third-order valence-corrected chi connectivity index (χ3v) is 4.32. The molecule has 136 valence electrons. The summed E-state index contributed by atoms with van der Waals surface area (Å²) in [5.41, 5.74) is 3.61. The Hall–Kier alpha value is -3.91. The molecule has 0 spiro atoms. The van der Waals surface area contributed by atoms with Gasteiger partial charge in [-0.2, -0.15) is 5.26 Å². The maximum atomic E-state index is 8.90. The zero-order chi connectivity index (χ0) is 19.3. The molecule has 0 aliphatic rings. The normalized spacial score (nSPS) is 11.6. The molecule has 3 aromatic carbocycles. The quantitative estimate of drug-likeness (QED) is 0.471. The average Bonchev–Trinajstić information content (AvgIpc) is 3.26. The molecular formula is C23H17N3O2. The summed E-state index contributed by atoms with van der Waals surface area (Å²) in [6.45, 7) is 1.87. The van der Waals surface area contributed by atoms with Crippen molar-refractivity contribution >= 4 is 0 Å². The predicted molar refractivity (Wildman–Crippen MR) is 105 cm³/mol. The highest BCUT2D eigenvalue weighted by Gasteiger charge is 2.16. The van der Waals surface area contributed by atoms with Crippen molar-refractivity contribution in [3.8, 4) is 34.4 Å². The van der Waals surface area contributed by atoms with Gasteiger partial charge in [0.25, 0.3) is 5.89 Å². The maximum Gasteiger partial charge on any atom is 0.257 e. The average molecular weight is 367 g/mol. The van der Waals surface area contributed by atoms with Crippen LogP contribution in [0.3, 0.4) is 0 Å². The summed E-state index contributed by atoms with van der Waals surface area (Å²) in [7, 11) is 0. The summed E-state index contributed by atoms with van der Waals surface area (Å²) >= 11 is 0. The molecule has 1 heterocycles. The minimum absolute atomic E-state index is 0.370. The number of hydrogen-bond donors (Lipinski definition) is 0. The largest absolute Gasteiger partial charge is 0.481 e. The van der Waals surface area contributed by atoms with E-state index in [1.807, 2.05) is 85.8 Å². The lowest BCUT2D eigenvalue weighted by Crippen LogP contribution is -2.03. The zero-order valence-electron chi connectivity index (χ0n) is 15.2. The first-order valence-electron chi connectivity index (χ1n) is 8.89. The van der Waals surface area contributed by atoms with Crippen molar-refractivity contribution in [1.82, 2.24) is 10.2 Å². The Morgan fingerprint density at radius 3 is 2.11 bits per heavy atom. The molecule has 5 heteroatoms. The van der Waals surface area contributed by atoms with Crippen LogP contribution >= 0.6 is 0 Å². The monoisotopic (exact) mass is 367 g/mol. The minimum atomic E-state index is -0.370. The fourth-order valence-corrected chi connectivity index (χ4v) is 2.81. The number of aromatic nitrogens is 2. The number of benzene rings is 3. The van der Waals surface area contributed by atoms with Crippen molar-refractivity contribution in [3.63, 3.8) is 0 Å². The molecule has 0 saturated heterocycles. The Morgan fingerprint density at radius 1 is 0.821 bits per heavy atom. The number of ether oxygens (including phenoxy) is 1.